The Morgan fingerprint density at radius 2 is 1.95 bits per heavy atom. The van der Waals surface area contributed by atoms with Crippen LogP contribution in [0.4, 0.5) is 11.6 Å². The normalized spacial score (nSPS) is 17.8. The first kappa shape index (κ1) is 15.2. The molecule has 0 aromatic carbocycles. The van der Waals surface area contributed by atoms with E-state index in [9.17, 15) is 14.9 Å². The maximum Gasteiger partial charge on any atom is 0.406 e. The highest BCUT2D eigenvalue weighted by molar-refractivity contribution is 5.73. The minimum Gasteiger partial charge on any atom is -0.480 e. The Kier molecular flexibility index (Phi) is 4.12. The summed E-state index contributed by atoms with van der Waals surface area (Å²) >= 11 is 0. The molecule has 1 atom stereocenters. The van der Waals surface area contributed by atoms with E-state index in [0.29, 0.717) is 37.8 Å². The molecule has 0 amide bonds. The number of carboxylic acids is 1. The van der Waals surface area contributed by atoms with E-state index in [1.165, 1.54) is 0 Å². The number of piperazine rings is 1. The fraction of sp³-hybridized carbons (Fsp3) is 0.667. The van der Waals surface area contributed by atoms with Crippen LogP contribution in [0.2, 0.25) is 0 Å². The summed E-state index contributed by atoms with van der Waals surface area (Å²) in [6.07, 6.45) is 0. The van der Waals surface area contributed by atoms with Gasteiger partial charge in [0.15, 0.2) is 0 Å². The maximum atomic E-state index is 11.1. The van der Waals surface area contributed by atoms with Gasteiger partial charge >= 0.3 is 11.8 Å². The van der Waals surface area contributed by atoms with Gasteiger partial charge in [-0.1, -0.05) is 0 Å². The Hall–Kier alpha value is -2.16. The summed E-state index contributed by atoms with van der Waals surface area (Å²) in [4.78, 5) is 29.4. The molecule has 0 aliphatic carbocycles. The minimum atomic E-state index is -0.856. The fourth-order valence-corrected chi connectivity index (χ4v) is 2.53. The van der Waals surface area contributed by atoms with E-state index in [-0.39, 0.29) is 5.82 Å². The van der Waals surface area contributed by atoms with Crippen LogP contribution in [0.5, 0.6) is 0 Å². The number of carboxylic acid groups (broad SMARTS) is 1. The van der Waals surface area contributed by atoms with Crippen molar-refractivity contribution in [1.82, 2.24) is 14.5 Å². The molecule has 2 heterocycles. The Bertz CT molecular complexity index is 562. The van der Waals surface area contributed by atoms with E-state index in [0.717, 1.165) is 0 Å². The number of aryl methyl sites for hydroxylation is 1. The summed E-state index contributed by atoms with van der Waals surface area (Å²) in [6.45, 7) is 5.55. The average molecular weight is 297 g/mol. The lowest BCUT2D eigenvalue weighted by molar-refractivity contribution is -0.388. The second-order valence-electron chi connectivity index (χ2n) is 5.16. The van der Waals surface area contributed by atoms with E-state index in [2.05, 4.69) is 4.98 Å². The Labute approximate surface area is 121 Å². The monoisotopic (exact) mass is 297 g/mol. The number of aromatic nitrogens is 2. The van der Waals surface area contributed by atoms with E-state index >= 15 is 0 Å². The third-order valence-corrected chi connectivity index (χ3v) is 3.96. The molecule has 0 saturated carbocycles. The zero-order chi connectivity index (χ0) is 15.7. The maximum absolute atomic E-state index is 11.1. The van der Waals surface area contributed by atoms with Crippen molar-refractivity contribution in [2.45, 2.75) is 19.9 Å². The topological polar surface area (TPSA) is 105 Å². The summed E-state index contributed by atoms with van der Waals surface area (Å²) in [5, 5.41) is 20.1. The Morgan fingerprint density at radius 3 is 2.43 bits per heavy atom. The molecule has 1 fully saturated rings. The van der Waals surface area contributed by atoms with E-state index in [4.69, 9.17) is 5.11 Å². The van der Waals surface area contributed by atoms with Crippen molar-refractivity contribution in [2.75, 3.05) is 31.1 Å². The van der Waals surface area contributed by atoms with Crippen LogP contribution >= 0.6 is 0 Å². The third kappa shape index (κ3) is 2.82. The summed E-state index contributed by atoms with van der Waals surface area (Å²) in [7, 11) is 1.75. The van der Waals surface area contributed by atoms with Gasteiger partial charge in [0, 0.05) is 40.2 Å². The highest BCUT2D eigenvalue weighted by atomic mass is 16.6. The van der Waals surface area contributed by atoms with E-state index < -0.39 is 16.9 Å². The van der Waals surface area contributed by atoms with Gasteiger partial charge in [0.05, 0.1) is 0 Å². The minimum absolute atomic E-state index is 0.144. The molecule has 1 aliphatic rings. The number of rotatable bonds is 4. The first-order chi connectivity index (χ1) is 9.82. The van der Waals surface area contributed by atoms with Crippen LogP contribution in [-0.4, -0.2) is 62.7 Å². The van der Waals surface area contributed by atoms with E-state index in [1.807, 2.05) is 9.80 Å². The van der Waals surface area contributed by atoms with Crippen LogP contribution in [0.1, 0.15) is 12.7 Å². The molecule has 0 bridgehead atoms. The molecule has 0 radical (unpaired) electrons. The van der Waals surface area contributed by atoms with Crippen LogP contribution in [0.25, 0.3) is 0 Å². The van der Waals surface area contributed by atoms with Crippen LogP contribution < -0.4 is 4.90 Å². The molecule has 9 heteroatoms. The zero-order valence-corrected chi connectivity index (χ0v) is 12.3. The van der Waals surface area contributed by atoms with Gasteiger partial charge in [-0.25, -0.2) is 0 Å². The van der Waals surface area contributed by atoms with Crippen molar-refractivity contribution in [3.05, 3.63) is 15.9 Å². The quantitative estimate of drug-likeness (QED) is 0.626. The molecule has 21 heavy (non-hydrogen) atoms. The lowest BCUT2D eigenvalue weighted by Crippen LogP contribution is -2.52. The molecular weight excluding hydrogens is 278 g/mol. The van der Waals surface area contributed by atoms with Gasteiger partial charge in [-0.05, 0) is 16.8 Å². The highest BCUT2D eigenvalue weighted by Gasteiger charge is 2.32. The molecule has 2 rings (SSSR count). The number of hydrogen-bond donors (Lipinski definition) is 1. The number of aliphatic carboxylic acids is 1. The molecule has 0 spiro atoms. The second kappa shape index (κ2) is 5.68. The molecule has 1 unspecified atom stereocenters. The van der Waals surface area contributed by atoms with Crippen molar-refractivity contribution >= 4 is 17.6 Å². The van der Waals surface area contributed by atoms with Crippen molar-refractivity contribution in [1.29, 1.82) is 0 Å². The molecule has 9 nitrogen and oxygen atoms in total. The van der Waals surface area contributed by atoms with Crippen molar-refractivity contribution < 1.29 is 14.8 Å². The number of nitro groups is 1. The largest absolute Gasteiger partial charge is 0.480 e. The smallest absolute Gasteiger partial charge is 0.406 e. The molecule has 1 N–H and O–H groups in total. The van der Waals surface area contributed by atoms with Gasteiger partial charge in [-0.3, -0.25) is 14.3 Å². The molecule has 1 saturated heterocycles. The van der Waals surface area contributed by atoms with Gasteiger partial charge in [0.1, 0.15) is 6.04 Å². The van der Waals surface area contributed by atoms with Crippen LogP contribution in [0.15, 0.2) is 0 Å². The molecular formula is C12H19N5O4. The number of hydrogen-bond acceptors (Lipinski definition) is 6. The van der Waals surface area contributed by atoms with Crippen LogP contribution in [0, 0.1) is 17.0 Å². The predicted octanol–water partition coefficient (Wildman–Crippen LogP) is 0.232. The third-order valence-electron chi connectivity index (χ3n) is 3.96. The van der Waals surface area contributed by atoms with Crippen LogP contribution in [-0.2, 0) is 11.8 Å². The zero-order valence-electron chi connectivity index (χ0n) is 12.3. The average Bonchev–Trinajstić information content (AvgIpc) is 2.74. The van der Waals surface area contributed by atoms with Crippen LogP contribution in [0.3, 0.4) is 0 Å². The van der Waals surface area contributed by atoms with Crippen molar-refractivity contribution in [2.24, 2.45) is 7.05 Å². The SMILES string of the molecule is Cc1nc([N+](=O)[O-])c(N2CCN(C(C)C(=O)O)CC2)n1C. The summed E-state index contributed by atoms with van der Waals surface area (Å²) in [5.74, 6) is 0.0682. The number of imidazole rings is 1. The van der Waals surface area contributed by atoms with Gasteiger partial charge in [-0.15, -0.1) is 0 Å². The highest BCUT2D eigenvalue weighted by Crippen LogP contribution is 2.28. The molecule has 1 aliphatic heterocycles. The first-order valence-electron chi connectivity index (χ1n) is 6.72. The molecule has 1 aromatic rings. The Balaban J connectivity index is 2.16. The van der Waals surface area contributed by atoms with Crippen molar-refractivity contribution in [3.63, 3.8) is 0 Å². The molecule has 116 valence electrons. The van der Waals surface area contributed by atoms with Crippen molar-refractivity contribution in [3.8, 4) is 0 Å². The lowest BCUT2D eigenvalue weighted by atomic mass is 10.2. The van der Waals surface area contributed by atoms with Gasteiger partial charge in [-0.2, -0.15) is 0 Å². The summed E-state index contributed by atoms with van der Waals surface area (Å²) in [5.41, 5.74) is 0. The number of nitrogens with zero attached hydrogens (tertiary/aromatic N) is 5. The van der Waals surface area contributed by atoms with E-state index in [1.54, 1.807) is 25.5 Å². The van der Waals surface area contributed by atoms with Gasteiger partial charge < -0.3 is 20.1 Å². The number of anilines is 1. The fourth-order valence-electron chi connectivity index (χ4n) is 2.53. The predicted molar refractivity (Wildman–Crippen MR) is 75.5 cm³/mol. The summed E-state index contributed by atoms with van der Waals surface area (Å²) in [6, 6.07) is -0.546. The Morgan fingerprint density at radius 1 is 1.38 bits per heavy atom. The number of carbonyl (C=O) groups is 1. The standard InChI is InChI=1S/C12H19N5O4/c1-8(12(18)19)15-4-6-16(7-5-15)11-10(17(20)21)13-9(2)14(11)3/h8H,4-7H2,1-3H3,(H,18,19). The van der Waals surface area contributed by atoms with Gasteiger partial charge in [0.25, 0.3) is 0 Å². The van der Waals surface area contributed by atoms with Gasteiger partial charge in [0.2, 0.25) is 11.6 Å². The first-order valence-corrected chi connectivity index (χ1v) is 6.72. The second-order valence-corrected chi connectivity index (χ2v) is 5.16. The summed E-state index contributed by atoms with van der Waals surface area (Å²) < 4.78 is 1.70. The molecule has 1 aromatic heterocycles. The lowest BCUT2D eigenvalue weighted by Gasteiger charge is -2.37.